The summed E-state index contributed by atoms with van der Waals surface area (Å²) in [6.07, 6.45) is -0.519. The highest BCUT2D eigenvalue weighted by molar-refractivity contribution is 9.10. The van der Waals surface area contributed by atoms with Crippen molar-refractivity contribution in [2.75, 3.05) is 0 Å². The number of thiophene rings is 1. The molecule has 0 amide bonds. The van der Waals surface area contributed by atoms with E-state index in [4.69, 9.17) is 4.74 Å². The molecule has 96 valence electrons. The van der Waals surface area contributed by atoms with Crippen LogP contribution in [0.2, 0.25) is 0 Å². The highest BCUT2D eigenvalue weighted by Crippen LogP contribution is 2.28. The zero-order chi connectivity index (χ0) is 13.1. The highest BCUT2D eigenvalue weighted by Gasteiger charge is 2.10. The van der Waals surface area contributed by atoms with Crippen LogP contribution in [0.4, 0.5) is 0 Å². The van der Waals surface area contributed by atoms with Crippen molar-refractivity contribution in [2.24, 2.45) is 0 Å². The van der Waals surface area contributed by atoms with E-state index in [9.17, 15) is 5.11 Å². The van der Waals surface area contributed by atoms with Crippen LogP contribution in [-0.4, -0.2) is 5.11 Å². The summed E-state index contributed by atoms with van der Waals surface area (Å²) in [5, 5.41) is 11.8. The molecule has 1 heterocycles. The van der Waals surface area contributed by atoms with E-state index >= 15 is 0 Å². The van der Waals surface area contributed by atoms with Crippen molar-refractivity contribution < 1.29 is 9.84 Å². The molecule has 1 N–H and O–H groups in total. The largest absolute Gasteiger partial charge is 0.488 e. The van der Waals surface area contributed by atoms with Gasteiger partial charge in [0, 0.05) is 20.3 Å². The molecule has 0 fully saturated rings. The molecule has 1 atom stereocenters. The quantitative estimate of drug-likeness (QED) is 0.899. The van der Waals surface area contributed by atoms with Crippen molar-refractivity contribution >= 4 is 27.3 Å². The average Bonchev–Trinajstić information content (AvgIpc) is 2.73. The van der Waals surface area contributed by atoms with E-state index in [2.05, 4.69) is 15.9 Å². The Balaban J connectivity index is 2.13. The lowest BCUT2D eigenvalue weighted by Gasteiger charge is -2.13. The Hall–Kier alpha value is -0.840. The third-order valence-electron chi connectivity index (χ3n) is 2.61. The van der Waals surface area contributed by atoms with Gasteiger partial charge in [-0.2, -0.15) is 0 Å². The first-order valence-corrected chi connectivity index (χ1v) is 7.38. The monoisotopic (exact) mass is 326 g/mol. The lowest BCUT2D eigenvalue weighted by Crippen LogP contribution is -2.00. The minimum Gasteiger partial charge on any atom is -0.488 e. The number of aliphatic hydroxyl groups excluding tert-OH is 1. The minimum atomic E-state index is -0.519. The molecule has 0 saturated carbocycles. The average molecular weight is 327 g/mol. The molecule has 0 aliphatic heterocycles. The first kappa shape index (κ1) is 13.6. The second kappa shape index (κ2) is 5.87. The molecule has 0 spiro atoms. The summed E-state index contributed by atoms with van der Waals surface area (Å²) in [5.41, 5.74) is 1.96. The topological polar surface area (TPSA) is 29.5 Å². The third kappa shape index (κ3) is 3.34. The smallest absolute Gasteiger partial charge is 0.125 e. The van der Waals surface area contributed by atoms with E-state index in [1.165, 1.54) is 0 Å². The van der Waals surface area contributed by atoms with Crippen LogP contribution < -0.4 is 4.74 Å². The Morgan fingerprint density at radius 1 is 1.39 bits per heavy atom. The zero-order valence-electron chi connectivity index (χ0n) is 10.3. The minimum absolute atomic E-state index is 0.519. The Bertz CT molecular complexity index is 534. The summed E-state index contributed by atoms with van der Waals surface area (Å²) in [7, 11) is 0. The van der Waals surface area contributed by atoms with Crippen LogP contribution >= 0.6 is 27.3 Å². The Morgan fingerprint density at radius 3 is 2.78 bits per heavy atom. The van der Waals surface area contributed by atoms with Gasteiger partial charge in [-0.15, -0.1) is 11.3 Å². The summed E-state index contributed by atoms with van der Waals surface area (Å²) in [5.74, 6) is 0.750. The van der Waals surface area contributed by atoms with E-state index in [1.807, 2.05) is 36.6 Å². The molecule has 1 aromatic carbocycles. The van der Waals surface area contributed by atoms with Crippen LogP contribution in [0.15, 0.2) is 34.1 Å². The fraction of sp³-hybridized carbons (Fsp3) is 0.286. The van der Waals surface area contributed by atoms with Crippen molar-refractivity contribution in [3.05, 3.63) is 50.1 Å². The van der Waals surface area contributed by atoms with Gasteiger partial charge >= 0.3 is 0 Å². The molecule has 0 aliphatic rings. The predicted octanol–water partition coefficient (Wildman–Crippen LogP) is 4.45. The zero-order valence-corrected chi connectivity index (χ0v) is 12.7. The number of aryl methyl sites for hydroxylation is 1. The number of halogens is 1. The Labute approximate surface area is 119 Å². The van der Waals surface area contributed by atoms with Crippen LogP contribution in [0, 0.1) is 6.92 Å². The molecule has 2 aromatic rings. The fourth-order valence-corrected chi connectivity index (χ4v) is 3.07. The first-order chi connectivity index (χ1) is 8.56. The second-order valence-electron chi connectivity index (χ2n) is 4.24. The molecule has 0 saturated heterocycles. The lowest BCUT2D eigenvalue weighted by atomic mass is 10.1. The molecule has 4 heteroatoms. The fourth-order valence-electron chi connectivity index (χ4n) is 1.70. The molecule has 0 bridgehead atoms. The van der Waals surface area contributed by atoms with Crippen molar-refractivity contribution in [3.8, 4) is 5.75 Å². The van der Waals surface area contributed by atoms with E-state index in [-0.39, 0.29) is 0 Å². The van der Waals surface area contributed by atoms with E-state index < -0.39 is 6.10 Å². The van der Waals surface area contributed by atoms with Crippen LogP contribution in [0.1, 0.15) is 29.0 Å². The van der Waals surface area contributed by atoms with Gasteiger partial charge in [-0.1, -0.05) is 11.6 Å². The van der Waals surface area contributed by atoms with Gasteiger partial charge < -0.3 is 9.84 Å². The van der Waals surface area contributed by atoms with Gasteiger partial charge in [0.15, 0.2) is 0 Å². The van der Waals surface area contributed by atoms with Crippen LogP contribution in [-0.2, 0) is 6.61 Å². The number of ether oxygens (including phenoxy) is 1. The highest BCUT2D eigenvalue weighted by atomic mass is 79.9. The van der Waals surface area contributed by atoms with Gasteiger partial charge in [-0.05, 0) is 48.0 Å². The van der Waals surface area contributed by atoms with Gasteiger partial charge in [-0.25, -0.2) is 0 Å². The molecule has 2 rings (SSSR count). The second-order valence-corrected chi connectivity index (χ2v) is 6.15. The molecular formula is C14H15BrO2S. The first-order valence-electron chi connectivity index (χ1n) is 5.70. The molecular weight excluding hydrogens is 312 g/mol. The van der Waals surface area contributed by atoms with Crippen molar-refractivity contribution in [1.82, 2.24) is 0 Å². The third-order valence-corrected chi connectivity index (χ3v) is 4.28. The van der Waals surface area contributed by atoms with Gasteiger partial charge in [0.05, 0.1) is 6.10 Å². The summed E-state index contributed by atoms with van der Waals surface area (Å²) in [6.45, 7) is 4.29. The summed E-state index contributed by atoms with van der Waals surface area (Å²) < 4.78 is 6.86. The number of hydrogen-bond acceptors (Lipinski definition) is 3. The standard InChI is InChI=1S/C14H15BrO2S/c1-9-3-4-14(13(5-9)10(2)16)17-7-12-6-11(15)8-18-12/h3-6,8,10,16H,7H2,1-2H3/t10-/m0/s1. The molecule has 1 aromatic heterocycles. The maximum absolute atomic E-state index is 9.75. The van der Waals surface area contributed by atoms with Crippen molar-refractivity contribution in [2.45, 2.75) is 26.6 Å². The maximum atomic E-state index is 9.75. The number of aliphatic hydroxyl groups is 1. The number of benzene rings is 1. The molecule has 18 heavy (non-hydrogen) atoms. The van der Waals surface area contributed by atoms with Crippen LogP contribution in [0.25, 0.3) is 0 Å². The predicted molar refractivity (Wildman–Crippen MR) is 78.2 cm³/mol. The number of hydrogen-bond donors (Lipinski definition) is 1. The maximum Gasteiger partial charge on any atom is 0.125 e. The Kier molecular flexibility index (Phi) is 4.43. The SMILES string of the molecule is Cc1ccc(OCc2cc(Br)cs2)c([C@H](C)O)c1. The van der Waals surface area contributed by atoms with E-state index in [0.717, 1.165) is 26.2 Å². The van der Waals surface area contributed by atoms with Crippen LogP contribution in [0.5, 0.6) is 5.75 Å². The van der Waals surface area contributed by atoms with E-state index in [0.29, 0.717) is 6.61 Å². The van der Waals surface area contributed by atoms with E-state index in [1.54, 1.807) is 18.3 Å². The van der Waals surface area contributed by atoms with Crippen molar-refractivity contribution in [3.63, 3.8) is 0 Å². The molecule has 0 unspecified atom stereocenters. The van der Waals surface area contributed by atoms with Gasteiger partial charge in [0.2, 0.25) is 0 Å². The van der Waals surface area contributed by atoms with Crippen LogP contribution in [0.3, 0.4) is 0 Å². The lowest BCUT2D eigenvalue weighted by molar-refractivity contribution is 0.190. The molecule has 2 nitrogen and oxygen atoms in total. The van der Waals surface area contributed by atoms with Gasteiger partial charge in [0.1, 0.15) is 12.4 Å². The number of rotatable bonds is 4. The summed E-state index contributed by atoms with van der Waals surface area (Å²) in [6, 6.07) is 7.91. The summed E-state index contributed by atoms with van der Waals surface area (Å²) in [4.78, 5) is 1.15. The normalized spacial score (nSPS) is 12.4. The van der Waals surface area contributed by atoms with Gasteiger partial charge in [-0.3, -0.25) is 0 Å². The molecule has 0 aliphatic carbocycles. The van der Waals surface area contributed by atoms with Gasteiger partial charge in [0.25, 0.3) is 0 Å². The Morgan fingerprint density at radius 2 is 2.17 bits per heavy atom. The molecule has 0 radical (unpaired) electrons. The summed E-state index contributed by atoms with van der Waals surface area (Å²) >= 11 is 5.07. The van der Waals surface area contributed by atoms with Crippen molar-refractivity contribution in [1.29, 1.82) is 0 Å².